The zero-order chi connectivity index (χ0) is 16.5. The van der Waals surface area contributed by atoms with E-state index in [2.05, 4.69) is 0 Å². The molecule has 2 aliphatic heterocycles. The molecule has 2 amide bonds. The summed E-state index contributed by atoms with van der Waals surface area (Å²) in [6.07, 6.45) is -2.74. The lowest BCUT2D eigenvalue weighted by Crippen LogP contribution is -2.53. The van der Waals surface area contributed by atoms with E-state index in [9.17, 15) is 22.8 Å². The van der Waals surface area contributed by atoms with Gasteiger partial charge < -0.3 is 15.5 Å². The van der Waals surface area contributed by atoms with Gasteiger partial charge in [0.25, 0.3) is 0 Å². The Labute approximate surface area is 127 Å². The average molecular weight is 321 g/mol. The van der Waals surface area contributed by atoms with Crippen LogP contribution in [0.3, 0.4) is 0 Å². The smallest absolute Gasteiger partial charge is 0.338 e. The molecule has 8 heteroatoms. The third kappa shape index (κ3) is 3.71. The van der Waals surface area contributed by atoms with Crippen LogP contribution in [0.15, 0.2) is 0 Å². The van der Waals surface area contributed by atoms with Crippen LogP contribution in [0.1, 0.15) is 26.2 Å². The standard InChI is InChI=1S/C14H22F3N3O2/c1-9-3-2-4-20(11(9)6-18)13(22)10-5-12(21)19(7-10)8-14(15,16)17/h9-11H,2-8,18H2,1H3/t9-,10-,11-/m1/s1. The van der Waals surface area contributed by atoms with Crippen LogP contribution in [-0.2, 0) is 9.59 Å². The van der Waals surface area contributed by atoms with Gasteiger partial charge in [0.05, 0.1) is 5.92 Å². The number of alkyl halides is 3. The van der Waals surface area contributed by atoms with Crippen LogP contribution in [0.5, 0.6) is 0 Å². The number of carbonyl (C=O) groups excluding carboxylic acids is 2. The van der Waals surface area contributed by atoms with E-state index in [4.69, 9.17) is 5.73 Å². The number of nitrogens with zero attached hydrogens (tertiary/aromatic N) is 2. The third-order valence-corrected chi connectivity index (χ3v) is 4.57. The zero-order valence-corrected chi connectivity index (χ0v) is 12.6. The number of nitrogens with two attached hydrogens (primary N) is 1. The number of piperidine rings is 1. The van der Waals surface area contributed by atoms with Gasteiger partial charge in [0.2, 0.25) is 11.8 Å². The van der Waals surface area contributed by atoms with E-state index >= 15 is 0 Å². The van der Waals surface area contributed by atoms with Gasteiger partial charge in [-0.05, 0) is 18.8 Å². The highest BCUT2D eigenvalue weighted by molar-refractivity contribution is 5.89. The molecule has 126 valence electrons. The molecule has 0 radical (unpaired) electrons. The molecule has 0 aromatic heterocycles. The minimum absolute atomic E-state index is 0.0898. The minimum atomic E-state index is -4.44. The second kappa shape index (κ2) is 6.44. The monoisotopic (exact) mass is 321 g/mol. The van der Waals surface area contributed by atoms with E-state index in [1.807, 2.05) is 6.92 Å². The summed E-state index contributed by atoms with van der Waals surface area (Å²) in [5.74, 6) is -1.26. The summed E-state index contributed by atoms with van der Waals surface area (Å²) in [5.41, 5.74) is 5.74. The molecular weight excluding hydrogens is 299 g/mol. The number of halogens is 3. The lowest BCUT2D eigenvalue weighted by atomic mass is 9.89. The Morgan fingerprint density at radius 3 is 2.68 bits per heavy atom. The topological polar surface area (TPSA) is 66.6 Å². The van der Waals surface area contributed by atoms with E-state index < -0.39 is 24.5 Å². The van der Waals surface area contributed by atoms with Crippen molar-refractivity contribution in [2.24, 2.45) is 17.6 Å². The van der Waals surface area contributed by atoms with Gasteiger partial charge in [-0.2, -0.15) is 13.2 Å². The molecule has 2 fully saturated rings. The summed E-state index contributed by atoms with van der Waals surface area (Å²) >= 11 is 0. The van der Waals surface area contributed by atoms with Crippen LogP contribution in [-0.4, -0.2) is 60.0 Å². The Morgan fingerprint density at radius 1 is 1.41 bits per heavy atom. The molecule has 5 nitrogen and oxygen atoms in total. The first kappa shape index (κ1) is 17.1. The van der Waals surface area contributed by atoms with Crippen molar-refractivity contribution in [3.8, 4) is 0 Å². The van der Waals surface area contributed by atoms with E-state index in [1.165, 1.54) is 0 Å². The molecular formula is C14H22F3N3O2. The van der Waals surface area contributed by atoms with Crippen molar-refractivity contribution in [1.82, 2.24) is 9.80 Å². The van der Waals surface area contributed by atoms with E-state index in [-0.39, 0.29) is 30.8 Å². The number of carbonyl (C=O) groups is 2. The third-order valence-electron chi connectivity index (χ3n) is 4.57. The number of hydrogen-bond acceptors (Lipinski definition) is 3. The first-order valence-electron chi connectivity index (χ1n) is 7.58. The molecule has 0 spiro atoms. The number of amides is 2. The zero-order valence-electron chi connectivity index (χ0n) is 12.6. The molecule has 0 unspecified atom stereocenters. The molecule has 22 heavy (non-hydrogen) atoms. The molecule has 0 saturated carbocycles. The van der Waals surface area contributed by atoms with Gasteiger partial charge in [-0.1, -0.05) is 6.92 Å². The fourth-order valence-corrected chi connectivity index (χ4v) is 3.42. The van der Waals surface area contributed by atoms with Crippen molar-refractivity contribution in [3.63, 3.8) is 0 Å². The van der Waals surface area contributed by atoms with Crippen LogP contribution in [0.25, 0.3) is 0 Å². The number of hydrogen-bond donors (Lipinski definition) is 1. The maximum absolute atomic E-state index is 12.6. The summed E-state index contributed by atoms with van der Waals surface area (Å²) in [4.78, 5) is 26.7. The van der Waals surface area contributed by atoms with Gasteiger partial charge in [-0.25, -0.2) is 0 Å². The molecule has 0 bridgehead atoms. The Morgan fingerprint density at radius 2 is 2.09 bits per heavy atom. The van der Waals surface area contributed by atoms with Crippen LogP contribution in [0, 0.1) is 11.8 Å². The molecule has 2 saturated heterocycles. The van der Waals surface area contributed by atoms with Crippen molar-refractivity contribution in [1.29, 1.82) is 0 Å². The quantitative estimate of drug-likeness (QED) is 0.843. The minimum Gasteiger partial charge on any atom is -0.338 e. The number of likely N-dealkylation sites (tertiary alicyclic amines) is 2. The predicted molar refractivity (Wildman–Crippen MR) is 73.7 cm³/mol. The molecule has 0 aliphatic carbocycles. The maximum Gasteiger partial charge on any atom is 0.406 e. The fourth-order valence-electron chi connectivity index (χ4n) is 3.42. The molecule has 0 aromatic carbocycles. The largest absolute Gasteiger partial charge is 0.406 e. The highest BCUT2D eigenvalue weighted by atomic mass is 19.4. The van der Waals surface area contributed by atoms with Crippen molar-refractivity contribution >= 4 is 11.8 Å². The summed E-state index contributed by atoms with van der Waals surface area (Å²) < 4.78 is 37.3. The summed E-state index contributed by atoms with van der Waals surface area (Å²) in [7, 11) is 0. The van der Waals surface area contributed by atoms with E-state index in [0.717, 1.165) is 17.7 Å². The molecule has 2 aliphatic rings. The Hall–Kier alpha value is -1.31. The van der Waals surface area contributed by atoms with Gasteiger partial charge in [0.15, 0.2) is 0 Å². The molecule has 0 aromatic rings. The molecule has 2 rings (SSSR count). The molecule has 2 heterocycles. The van der Waals surface area contributed by atoms with Crippen LogP contribution in [0.2, 0.25) is 0 Å². The summed E-state index contributed by atoms with van der Waals surface area (Å²) in [6, 6.07) is -0.0898. The van der Waals surface area contributed by atoms with Gasteiger partial charge >= 0.3 is 6.18 Å². The summed E-state index contributed by atoms with van der Waals surface area (Å²) in [5, 5.41) is 0. The van der Waals surface area contributed by atoms with Crippen molar-refractivity contribution in [2.45, 2.75) is 38.4 Å². The van der Waals surface area contributed by atoms with Gasteiger partial charge in [-0.15, -0.1) is 0 Å². The SMILES string of the molecule is C[C@@H]1CCCN(C(=O)[C@@H]2CC(=O)N(CC(F)(F)F)C2)[C@@H]1CN. The second-order valence-electron chi connectivity index (χ2n) is 6.24. The van der Waals surface area contributed by atoms with E-state index in [1.54, 1.807) is 4.90 Å². The summed E-state index contributed by atoms with van der Waals surface area (Å²) in [6.45, 7) is 1.48. The highest BCUT2D eigenvalue weighted by Crippen LogP contribution is 2.29. The predicted octanol–water partition coefficient (Wildman–Crippen LogP) is 0.983. The first-order valence-corrected chi connectivity index (χ1v) is 7.58. The van der Waals surface area contributed by atoms with Gasteiger partial charge in [0.1, 0.15) is 6.54 Å². The average Bonchev–Trinajstić information content (AvgIpc) is 2.77. The van der Waals surface area contributed by atoms with Crippen molar-refractivity contribution in [3.05, 3.63) is 0 Å². The first-order chi connectivity index (χ1) is 10.2. The normalized spacial score (nSPS) is 30.0. The maximum atomic E-state index is 12.6. The Bertz CT molecular complexity index is 442. The van der Waals surface area contributed by atoms with Gasteiger partial charge in [-0.3, -0.25) is 9.59 Å². The van der Waals surface area contributed by atoms with Crippen molar-refractivity contribution < 1.29 is 22.8 Å². The van der Waals surface area contributed by atoms with Gasteiger partial charge in [0, 0.05) is 32.1 Å². The van der Waals surface area contributed by atoms with Crippen molar-refractivity contribution in [2.75, 3.05) is 26.2 Å². The number of rotatable bonds is 3. The molecule has 2 N–H and O–H groups in total. The Balaban J connectivity index is 2.02. The molecule has 3 atom stereocenters. The lowest BCUT2D eigenvalue weighted by molar-refractivity contribution is -0.157. The van der Waals surface area contributed by atoms with Crippen LogP contribution >= 0.6 is 0 Å². The second-order valence-corrected chi connectivity index (χ2v) is 6.24. The Kier molecular flexibility index (Phi) is 4.99. The highest BCUT2D eigenvalue weighted by Gasteiger charge is 2.43. The lowest BCUT2D eigenvalue weighted by Gasteiger charge is -2.40. The van der Waals surface area contributed by atoms with Crippen LogP contribution < -0.4 is 5.73 Å². The fraction of sp³-hybridized carbons (Fsp3) is 0.857. The van der Waals surface area contributed by atoms with Crippen LogP contribution in [0.4, 0.5) is 13.2 Å². The van der Waals surface area contributed by atoms with E-state index in [0.29, 0.717) is 13.1 Å².